The van der Waals surface area contributed by atoms with Gasteiger partial charge in [0.1, 0.15) is 5.82 Å². The Kier molecular flexibility index (Phi) is 7.33. The van der Waals surface area contributed by atoms with E-state index in [1.165, 1.54) is 6.42 Å². The second-order valence-electron chi connectivity index (χ2n) is 7.16. The van der Waals surface area contributed by atoms with Crippen molar-refractivity contribution in [1.29, 1.82) is 0 Å². The van der Waals surface area contributed by atoms with E-state index in [0.29, 0.717) is 18.2 Å². The third kappa shape index (κ3) is 4.00. The van der Waals surface area contributed by atoms with Gasteiger partial charge in [-0.2, -0.15) is 0 Å². The van der Waals surface area contributed by atoms with Gasteiger partial charge in [-0.3, -0.25) is 4.79 Å². The van der Waals surface area contributed by atoms with Gasteiger partial charge in [0.05, 0.1) is 17.1 Å². The standard InChI is InChI=1S/C19H26N4O.2ClH/c1-22-16-6-3-2-5-15(16)21-19(22)17-7-4-12-23(17)18(24)9-8-14-10-11-20-13-14;;/h2-3,5-6,14,17,20H,4,7-13H2,1H3;2*1H. The van der Waals surface area contributed by atoms with Crippen molar-refractivity contribution >= 4 is 41.8 Å². The predicted molar refractivity (Wildman–Crippen MR) is 109 cm³/mol. The van der Waals surface area contributed by atoms with Crippen molar-refractivity contribution in [1.82, 2.24) is 19.8 Å². The lowest BCUT2D eigenvalue weighted by molar-refractivity contribution is -0.132. The van der Waals surface area contributed by atoms with Gasteiger partial charge in [0.15, 0.2) is 0 Å². The molecule has 1 aromatic carbocycles. The number of aromatic nitrogens is 2. The van der Waals surface area contributed by atoms with Crippen LogP contribution in [0, 0.1) is 5.92 Å². The summed E-state index contributed by atoms with van der Waals surface area (Å²) in [6, 6.07) is 8.34. The predicted octanol–water partition coefficient (Wildman–Crippen LogP) is 3.47. The Hall–Kier alpha value is -1.30. The maximum absolute atomic E-state index is 12.8. The van der Waals surface area contributed by atoms with E-state index in [1.807, 2.05) is 18.2 Å². The summed E-state index contributed by atoms with van der Waals surface area (Å²) >= 11 is 0. The smallest absolute Gasteiger partial charge is 0.223 e. The number of imidazole rings is 1. The van der Waals surface area contributed by atoms with Crippen molar-refractivity contribution in [3.8, 4) is 0 Å². The van der Waals surface area contributed by atoms with Gasteiger partial charge in [0.25, 0.3) is 0 Å². The Balaban J connectivity index is 0.00000121. The lowest BCUT2D eigenvalue weighted by Crippen LogP contribution is -2.32. The zero-order valence-corrected chi connectivity index (χ0v) is 16.8. The van der Waals surface area contributed by atoms with Crippen LogP contribution in [-0.2, 0) is 11.8 Å². The van der Waals surface area contributed by atoms with E-state index < -0.39 is 0 Å². The summed E-state index contributed by atoms with van der Waals surface area (Å²) in [5.41, 5.74) is 2.16. The Morgan fingerprint density at radius 2 is 2.08 bits per heavy atom. The minimum atomic E-state index is 0. The van der Waals surface area contributed by atoms with Gasteiger partial charge in [0.2, 0.25) is 5.91 Å². The maximum atomic E-state index is 12.8. The van der Waals surface area contributed by atoms with Crippen molar-refractivity contribution in [3.63, 3.8) is 0 Å². The van der Waals surface area contributed by atoms with Crippen LogP contribution in [0.25, 0.3) is 11.0 Å². The third-order valence-corrected chi connectivity index (χ3v) is 5.62. The van der Waals surface area contributed by atoms with E-state index in [9.17, 15) is 4.79 Å². The van der Waals surface area contributed by atoms with Crippen LogP contribution >= 0.6 is 24.8 Å². The average molecular weight is 399 g/mol. The summed E-state index contributed by atoms with van der Waals surface area (Å²) in [5.74, 6) is 2.01. The molecule has 2 unspecified atom stereocenters. The molecule has 1 N–H and O–H groups in total. The summed E-state index contributed by atoms with van der Waals surface area (Å²) in [7, 11) is 2.07. The van der Waals surface area contributed by atoms with E-state index in [2.05, 4.69) is 27.9 Å². The molecule has 2 saturated heterocycles. The zero-order chi connectivity index (χ0) is 16.5. The van der Waals surface area contributed by atoms with Gasteiger partial charge in [-0.15, -0.1) is 24.8 Å². The van der Waals surface area contributed by atoms with Gasteiger partial charge in [-0.05, 0) is 56.8 Å². The molecule has 0 bridgehead atoms. The van der Waals surface area contributed by atoms with E-state index in [1.54, 1.807) is 0 Å². The van der Waals surface area contributed by atoms with E-state index >= 15 is 0 Å². The molecule has 1 aromatic heterocycles. The number of halogens is 2. The average Bonchev–Trinajstić information content (AvgIpc) is 3.33. The number of hydrogen-bond acceptors (Lipinski definition) is 3. The molecule has 0 radical (unpaired) electrons. The van der Waals surface area contributed by atoms with Crippen LogP contribution < -0.4 is 5.32 Å². The second-order valence-corrected chi connectivity index (χ2v) is 7.16. The molecule has 2 atom stereocenters. The highest BCUT2D eigenvalue weighted by Gasteiger charge is 2.33. The van der Waals surface area contributed by atoms with Crippen LogP contribution in [0.2, 0.25) is 0 Å². The van der Waals surface area contributed by atoms with Crippen molar-refractivity contribution in [3.05, 3.63) is 30.1 Å². The summed E-state index contributed by atoms with van der Waals surface area (Å²) in [6.45, 7) is 3.04. The summed E-state index contributed by atoms with van der Waals surface area (Å²) in [4.78, 5) is 19.7. The van der Waals surface area contributed by atoms with Gasteiger partial charge < -0.3 is 14.8 Å². The Morgan fingerprint density at radius 1 is 1.27 bits per heavy atom. The number of amides is 1. The number of hydrogen-bond donors (Lipinski definition) is 1. The maximum Gasteiger partial charge on any atom is 0.223 e. The van der Waals surface area contributed by atoms with Crippen LogP contribution in [0.1, 0.15) is 44.0 Å². The molecule has 144 valence electrons. The lowest BCUT2D eigenvalue weighted by Gasteiger charge is -2.25. The van der Waals surface area contributed by atoms with Crippen LogP contribution in [0.4, 0.5) is 0 Å². The van der Waals surface area contributed by atoms with Gasteiger partial charge in [0, 0.05) is 20.0 Å². The van der Waals surface area contributed by atoms with Gasteiger partial charge in [-0.1, -0.05) is 12.1 Å². The number of likely N-dealkylation sites (tertiary alicyclic amines) is 1. The molecule has 26 heavy (non-hydrogen) atoms. The molecule has 2 aromatic rings. The van der Waals surface area contributed by atoms with Crippen LogP contribution in [0.15, 0.2) is 24.3 Å². The van der Waals surface area contributed by atoms with Crippen molar-refractivity contribution < 1.29 is 4.79 Å². The molecule has 0 aliphatic carbocycles. The quantitative estimate of drug-likeness (QED) is 0.857. The molecule has 3 heterocycles. The first kappa shape index (κ1) is 21.0. The fourth-order valence-corrected chi connectivity index (χ4v) is 4.23. The molecular formula is C19H28Cl2N4O. The van der Waals surface area contributed by atoms with Crippen molar-refractivity contribution in [2.24, 2.45) is 13.0 Å². The van der Waals surface area contributed by atoms with Crippen LogP contribution in [0.3, 0.4) is 0 Å². The first-order chi connectivity index (χ1) is 11.7. The van der Waals surface area contributed by atoms with Crippen molar-refractivity contribution in [2.45, 2.75) is 38.1 Å². The van der Waals surface area contributed by atoms with Crippen LogP contribution in [0.5, 0.6) is 0 Å². The van der Waals surface area contributed by atoms with Gasteiger partial charge >= 0.3 is 0 Å². The largest absolute Gasteiger partial charge is 0.333 e. The van der Waals surface area contributed by atoms with E-state index in [0.717, 1.165) is 55.8 Å². The highest BCUT2D eigenvalue weighted by molar-refractivity contribution is 5.85. The minimum absolute atomic E-state index is 0. The molecule has 5 nitrogen and oxygen atoms in total. The summed E-state index contributed by atoms with van der Waals surface area (Å²) in [6.07, 6.45) is 4.99. The molecule has 4 rings (SSSR count). The number of rotatable bonds is 4. The second kappa shape index (κ2) is 9.07. The minimum Gasteiger partial charge on any atom is -0.333 e. The molecule has 7 heteroatoms. The van der Waals surface area contributed by atoms with E-state index in [-0.39, 0.29) is 30.9 Å². The number of nitrogens with one attached hydrogen (secondary N) is 1. The number of benzene rings is 1. The molecule has 0 spiro atoms. The first-order valence-corrected chi connectivity index (χ1v) is 9.15. The summed E-state index contributed by atoms with van der Waals surface area (Å²) in [5, 5.41) is 3.38. The molecule has 2 aliphatic heterocycles. The highest BCUT2D eigenvalue weighted by atomic mass is 35.5. The molecule has 1 amide bonds. The van der Waals surface area contributed by atoms with Gasteiger partial charge in [-0.25, -0.2) is 4.98 Å². The number of nitrogens with zero attached hydrogens (tertiary/aromatic N) is 3. The monoisotopic (exact) mass is 398 g/mol. The van der Waals surface area contributed by atoms with Crippen LogP contribution in [-0.4, -0.2) is 40.0 Å². The molecule has 0 saturated carbocycles. The summed E-state index contributed by atoms with van der Waals surface area (Å²) < 4.78 is 2.16. The van der Waals surface area contributed by atoms with E-state index in [4.69, 9.17) is 4.98 Å². The first-order valence-electron chi connectivity index (χ1n) is 9.15. The Bertz CT molecular complexity index is 742. The fourth-order valence-electron chi connectivity index (χ4n) is 4.23. The molecule has 2 fully saturated rings. The number of carbonyl (C=O) groups excluding carboxylic acids is 1. The van der Waals surface area contributed by atoms with Crippen molar-refractivity contribution in [2.75, 3.05) is 19.6 Å². The molecular weight excluding hydrogens is 371 g/mol. The highest BCUT2D eigenvalue weighted by Crippen LogP contribution is 2.33. The third-order valence-electron chi connectivity index (χ3n) is 5.62. The Labute approximate surface area is 167 Å². The number of aryl methyl sites for hydroxylation is 1. The number of carbonyl (C=O) groups is 1. The molecule has 2 aliphatic rings. The topological polar surface area (TPSA) is 50.2 Å². The zero-order valence-electron chi connectivity index (χ0n) is 15.2. The SMILES string of the molecule is Cl.Cl.Cn1c(C2CCCN2C(=O)CCC2CCNC2)nc2ccccc21. The number of fused-ring (bicyclic) bond motifs is 1. The Morgan fingerprint density at radius 3 is 2.81 bits per heavy atom. The fraction of sp³-hybridized carbons (Fsp3) is 0.579. The number of para-hydroxylation sites is 2. The normalized spacial score (nSPS) is 22.3. The lowest BCUT2D eigenvalue weighted by atomic mass is 10.0.